The summed E-state index contributed by atoms with van der Waals surface area (Å²) >= 11 is 1.90. The second kappa shape index (κ2) is 3.25. The minimum absolute atomic E-state index is 1.16. The fraction of sp³-hybridized carbons (Fsp3) is 0. The van der Waals surface area contributed by atoms with Gasteiger partial charge in [0.25, 0.3) is 0 Å². The average molecular weight is 190 g/mol. The summed E-state index contributed by atoms with van der Waals surface area (Å²) in [6.07, 6.45) is 0. The Morgan fingerprint density at radius 3 is 2.25 bits per heavy atom. The van der Waals surface area contributed by atoms with Crippen molar-refractivity contribution in [3.05, 3.63) is 42.5 Å². The molecule has 0 spiro atoms. The quantitative estimate of drug-likeness (QED) is 0.596. The molecule has 2 heteroatoms. The van der Waals surface area contributed by atoms with Crippen LogP contribution in [0, 0.1) is 0 Å². The molecule has 12 heavy (non-hydrogen) atoms. The lowest BCUT2D eigenvalue weighted by atomic mass is 10.2. The normalized spacial score (nSPS) is 10.3. The number of thiophene rings is 1. The summed E-state index contributed by atoms with van der Waals surface area (Å²) in [6, 6.07) is 15.0. The van der Waals surface area contributed by atoms with Crippen molar-refractivity contribution in [1.29, 1.82) is 0 Å². The van der Waals surface area contributed by atoms with Crippen LogP contribution >= 0.6 is 11.3 Å². The van der Waals surface area contributed by atoms with Crippen LogP contribution in [0.5, 0.6) is 0 Å². The molecule has 1 aromatic heterocycles. The van der Waals surface area contributed by atoms with Gasteiger partial charge in [-0.2, -0.15) is 0 Å². The van der Waals surface area contributed by atoms with Gasteiger partial charge in [0, 0.05) is 4.88 Å². The molecule has 0 amide bonds. The molecule has 0 atom stereocenters. The first-order valence-electron chi connectivity index (χ1n) is 3.98. The summed E-state index contributed by atoms with van der Waals surface area (Å²) in [5.41, 5.74) is 1.34. The van der Waals surface area contributed by atoms with Crippen LogP contribution in [0.25, 0.3) is 10.4 Å². The zero-order valence-electron chi connectivity index (χ0n) is 6.95. The molecule has 0 nitrogen and oxygen atoms in total. The standard InChI is InChI=1S/C10H10SSi/c12-10-7-6-9(11-10)8-4-2-1-3-5-8/h1-7H,12H3. The first kappa shape index (κ1) is 7.77. The van der Waals surface area contributed by atoms with Gasteiger partial charge in [0.05, 0.1) is 10.2 Å². The van der Waals surface area contributed by atoms with Gasteiger partial charge in [-0.25, -0.2) is 0 Å². The molecule has 0 saturated heterocycles. The smallest absolute Gasteiger partial charge is 0.0514 e. The highest BCUT2D eigenvalue weighted by Crippen LogP contribution is 2.21. The van der Waals surface area contributed by atoms with Gasteiger partial charge >= 0.3 is 0 Å². The van der Waals surface area contributed by atoms with E-state index >= 15 is 0 Å². The predicted octanol–water partition coefficient (Wildman–Crippen LogP) is 1.41. The number of hydrogen-bond donors (Lipinski definition) is 0. The van der Waals surface area contributed by atoms with Crippen molar-refractivity contribution in [3.8, 4) is 10.4 Å². The molecule has 0 unspecified atom stereocenters. The summed E-state index contributed by atoms with van der Waals surface area (Å²) < 4.78 is 1.51. The summed E-state index contributed by atoms with van der Waals surface area (Å²) in [6.45, 7) is 0. The molecule has 0 aliphatic carbocycles. The summed E-state index contributed by atoms with van der Waals surface area (Å²) in [7, 11) is 1.16. The van der Waals surface area contributed by atoms with Crippen molar-refractivity contribution >= 4 is 26.1 Å². The first-order valence-corrected chi connectivity index (χ1v) is 5.80. The van der Waals surface area contributed by atoms with Crippen molar-refractivity contribution in [2.24, 2.45) is 0 Å². The van der Waals surface area contributed by atoms with E-state index < -0.39 is 0 Å². The molecule has 0 bridgehead atoms. The Morgan fingerprint density at radius 2 is 1.67 bits per heavy atom. The Hall–Kier alpha value is -0.863. The van der Waals surface area contributed by atoms with Crippen LogP contribution in [-0.2, 0) is 0 Å². The second-order valence-electron chi connectivity index (χ2n) is 2.78. The molecular formula is C10H10SSi. The van der Waals surface area contributed by atoms with Crippen LogP contribution in [0.1, 0.15) is 0 Å². The van der Waals surface area contributed by atoms with Gasteiger partial charge in [0.15, 0.2) is 0 Å². The molecule has 0 radical (unpaired) electrons. The van der Waals surface area contributed by atoms with Crippen molar-refractivity contribution in [2.45, 2.75) is 0 Å². The third-order valence-electron chi connectivity index (χ3n) is 1.80. The number of benzene rings is 1. The number of hydrogen-bond acceptors (Lipinski definition) is 1. The second-order valence-corrected chi connectivity index (χ2v) is 5.87. The largest absolute Gasteiger partial charge is 0.146 e. The molecule has 0 fully saturated rings. The van der Waals surface area contributed by atoms with Crippen LogP contribution in [0.2, 0.25) is 0 Å². The lowest BCUT2D eigenvalue weighted by Gasteiger charge is -1.93. The van der Waals surface area contributed by atoms with Crippen LogP contribution < -0.4 is 4.50 Å². The molecule has 60 valence electrons. The Kier molecular flexibility index (Phi) is 2.10. The molecule has 1 aromatic carbocycles. The fourth-order valence-electron chi connectivity index (χ4n) is 1.19. The molecule has 2 rings (SSSR count). The molecule has 0 aliphatic heterocycles. The lowest BCUT2D eigenvalue weighted by molar-refractivity contribution is 1.70. The van der Waals surface area contributed by atoms with Crippen molar-refractivity contribution < 1.29 is 0 Å². The van der Waals surface area contributed by atoms with Gasteiger partial charge in [-0.1, -0.05) is 36.4 Å². The summed E-state index contributed by atoms with van der Waals surface area (Å²) in [4.78, 5) is 1.39. The van der Waals surface area contributed by atoms with E-state index in [2.05, 4.69) is 42.5 Å². The Bertz CT molecular complexity index is 364. The fourth-order valence-corrected chi connectivity index (χ4v) is 2.89. The topological polar surface area (TPSA) is 0 Å². The highest BCUT2D eigenvalue weighted by molar-refractivity contribution is 7.23. The average Bonchev–Trinajstić information content (AvgIpc) is 2.54. The molecular weight excluding hydrogens is 180 g/mol. The van der Waals surface area contributed by atoms with Gasteiger partial charge in [-0.15, -0.1) is 11.3 Å². The van der Waals surface area contributed by atoms with Gasteiger partial charge in [-0.3, -0.25) is 0 Å². The van der Waals surface area contributed by atoms with E-state index in [1.54, 1.807) is 0 Å². The number of rotatable bonds is 1. The van der Waals surface area contributed by atoms with E-state index in [1.165, 1.54) is 14.9 Å². The van der Waals surface area contributed by atoms with Gasteiger partial charge < -0.3 is 0 Å². The molecule has 0 aliphatic rings. The first-order chi connectivity index (χ1) is 5.86. The third kappa shape index (κ3) is 1.49. The predicted molar refractivity (Wildman–Crippen MR) is 59.3 cm³/mol. The Labute approximate surface area is 79.3 Å². The minimum atomic E-state index is 1.16. The molecule has 1 heterocycles. The van der Waals surface area contributed by atoms with E-state index in [9.17, 15) is 0 Å². The van der Waals surface area contributed by atoms with Crippen LogP contribution in [0.4, 0.5) is 0 Å². The van der Waals surface area contributed by atoms with Gasteiger partial charge in [0.2, 0.25) is 0 Å². The van der Waals surface area contributed by atoms with E-state index in [0.717, 1.165) is 10.2 Å². The van der Waals surface area contributed by atoms with E-state index in [4.69, 9.17) is 0 Å². The van der Waals surface area contributed by atoms with E-state index in [0.29, 0.717) is 0 Å². The monoisotopic (exact) mass is 190 g/mol. The zero-order chi connectivity index (χ0) is 8.39. The maximum atomic E-state index is 2.22. The van der Waals surface area contributed by atoms with E-state index in [-0.39, 0.29) is 0 Å². The maximum absolute atomic E-state index is 2.22. The molecule has 0 N–H and O–H groups in total. The molecule has 0 saturated carbocycles. The van der Waals surface area contributed by atoms with Crippen molar-refractivity contribution in [1.82, 2.24) is 0 Å². The third-order valence-corrected chi connectivity index (χ3v) is 3.79. The van der Waals surface area contributed by atoms with E-state index in [1.807, 2.05) is 11.3 Å². The van der Waals surface area contributed by atoms with Gasteiger partial charge in [0.1, 0.15) is 0 Å². The van der Waals surface area contributed by atoms with Crippen LogP contribution in [0.15, 0.2) is 42.5 Å². The SMILES string of the molecule is [SiH3]c1ccc(-c2ccccc2)s1. The molecule has 2 aromatic rings. The van der Waals surface area contributed by atoms with Crippen molar-refractivity contribution in [3.63, 3.8) is 0 Å². The van der Waals surface area contributed by atoms with Crippen LogP contribution in [0.3, 0.4) is 0 Å². The highest BCUT2D eigenvalue weighted by atomic mass is 32.1. The van der Waals surface area contributed by atoms with Gasteiger partial charge in [-0.05, 0) is 16.1 Å². The Balaban J connectivity index is 2.45. The summed E-state index contributed by atoms with van der Waals surface area (Å²) in [5, 5.41) is 0. The van der Waals surface area contributed by atoms with Crippen molar-refractivity contribution in [2.75, 3.05) is 0 Å². The maximum Gasteiger partial charge on any atom is 0.0514 e. The highest BCUT2D eigenvalue weighted by Gasteiger charge is 1.97. The zero-order valence-corrected chi connectivity index (χ0v) is 9.77. The Morgan fingerprint density at radius 1 is 0.917 bits per heavy atom. The summed E-state index contributed by atoms with van der Waals surface area (Å²) in [5.74, 6) is 0. The van der Waals surface area contributed by atoms with Crippen LogP contribution in [-0.4, -0.2) is 10.2 Å². The minimum Gasteiger partial charge on any atom is -0.146 e. The lowest BCUT2D eigenvalue weighted by Crippen LogP contribution is -1.88.